The molecule has 3 N–H and O–H groups in total. The molecule has 12 nitrogen and oxygen atoms in total. The molecule has 0 aliphatic carbocycles. The van der Waals surface area contributed by atoms with Crippen LogP contribution in [0, 0.1) is 5.41 Å². The van der Waals surface area contributed by atoms with E-state index in [0.717, 1.165) is 26.2 Å². The van der Waals surface area contributed by atoms with Gasteiger partial charge in [0.25, 0.3) is 0 Å². The van der Waals surface area contributed by atoms with Crippen molar-refractivity contribution >= 4 is 28.2 Å². The minimum Gasteiger partial charge on any atom is -0.312 e. The Labute approximate surface area is 157 Å². The first kappa shape index (κ1) is 19.9. The molecule has 0 radical (unpaired) electrons. The van der Waals surface area contributed by atoms with E-state index in [1.807, 2.05) is 11.9 Å². The summed E-state index contributed by atoms with van der Waals surface area (Å²) in [6.07, 6.45) is 0.772. The van der Waals surface area contributed by atoms with Crippen molar-refractivity contribution in [3.8, 4) is 0 Å². The number of fused-ring (bicyclic) bond motifs is 2. The standard InChI is InChI=1S/C14H24N6O6S/c1-17-4-6-18(7-5-17)9-12(21)16-13(15)11-3-2-10-8-19(11)14(22)20(10)26-27(23,24)25/h10-11H,2-9H2,1H3,(H2,15,16,21)(H,23,24,25). The number of piperidine rings is 1. The van der Waals surface area contributed by atoms with E-state index in [9.17, 15) is 18.0 Å². The van der Waals surface area contributed by atoms with Crippen LogP contribution in [0.4, 0.5) is 4.79 Å². The second-order valence-electron chi connectivity index (χ2n) is 7.05. The molecule has 3 fully saturated rings. The Kier molecular flexibility index (Phi) is 5.67. The Hall–Kier alpha value is -1.80. The van der Waals surface area contributed by atoms with Crippen molar-refractivity contribution in [1.29, 1.82) is 5.41 Å². The van der Waals surface area contributed by atoms with Crippen LogP contribution >= 0.6 is 0 Å². The number of carbonyl (C=O) groups excluding carboxylic acids is 2. The van der Waals surface area contributed by atoms with Crippen LogP contribution in [0.15, 0.2) is 0 Å². The third-order valence-electron chi connectivity index (χ3n) is 5.07. The summed E-state index contributed by atoms with van der Waals surface area (Å²) in [6.45, 7) is 3.64. The first-order chi connectivity index (χ1) is 12.6. The van der Waals surface area contributed by atoms with Crippen molar-refractivity contribution in [2.75, 3.05) is 46.3 Å². The Morgan fingerprint density at radius 1 is 1.30 bits per heavy atom. The molecule has 152 valence electrons. The summed E-state index contributed by atoms with van der Waals surface area (Å²) in [7, 11) is -2.79. The number of carbonyl (C=O) groups is 2. The molecule has 27 heavy (non-hydrogen) atoms. The number of hydrogen-bond donors (Lipinski definition) is 3. The number of urea groups is 1. The van der Waals surface area contributed by atoms with E-state index in [1.165, 1.54) is 4.90 Å². The van der Waals surface area contributed by atoms with Crippen molar-refractivity contribution in [3.05, 3.63) is 0 Å². The first-order valence-corrected chi connectivity index (χ1v) is 10.1. The van der Waals surface area contributed by atoms with E-state index in [1.54, 1.807) is 0 Å². The third kappa shape index (κ3) is 4.73. The van der Waals surface area contributed by atoms with Gasteiger partial charge < -0.3 is 15.1 Å². The smallest absolute Gasteiger partial charge is 0.312 e. The van der Waals surface area contributed by atoms with Crippen LogP contribution in [0.1, 0.15) is 12.8 Å². The van der Waals surface area contributed by atoms with Crippen molar-refractivity contribution in [3.63, 3.8) is 0 Å². The summed E-state index contributed by atoms with van der Waals surface area (Å²) in [5.41, 5.74) is 0. The molecule has 3 aliphatic heterocycles. The second-order valence-corrected chi connectivity index (χ2v) is 8.06. The molecule has 3 saturated heterocycles. The summed E-state index contributed by atoms with van der Waals surface area (Å²) in [5.74, 6) is -0.418. The maximum atomic E-state index is 12.3. The van der Waals surface area contributed by atoms with Gasteiger partial charge in [0.1, 0.15) is 5.84 Å². The zero-order chi connectivity index (χ0) is 19.8. The lowest BCUT2D eigenvalue weighted by atomic mass is 10.00. The topological polar surface area (TPSA) is 147 Å². The maximum absolute atomic E-state index is 12.3. The molecule has 13 heteroatoms. The molecule has 2 unspecified atom stereocenters. The number of hydroxylamine groups is 2. The van der Waals surface area contributed by atoms with Gasteiger partial charge in [-0.05, 0) is 19.9 Å². The van der Waals surface area contributed by atoms with E-state index < -0.39 is 28.5 Å². The fourth-order valence-electron chi connectivity index (χ4n) is 3.61. The molecular weight excluding hydrogens is 380 g/mol. The molecule has 3 aliphatic rings. The Bertz CT molecular complexity index is 722. The highest BCUT2D eigenvalue weighted by atomic mass is 32.3. The number of amides is 3. The number of likely N-dealkylation sites (N-methyl/N-ethyl adjacent to an activating group) is 1. The number of nitrogens with one attached hydrogen (secondary N) is 2. The summed E-state index contributed by atoms with van der Waals surface area (Å²) in [4.78, 5) is 30.0. The fourth-order valence-corrected chi connectivity index (χ4v) is 4.00. The number of nitrogens with zero attached hydrogens (tertiary/aromatic N) is 4. The molecule has 0 saturated carbocycles. The van der Waals surface area contributed by atoms with Gasteiger partial charge >= 0.3 is 16.4 Å². The third-order valence-corrected chi connectivity index (χ3v) is 5.42. The van der Waals surface area contributed by atoms with Gasteiger partial charge in [-0.2, -0.15) is 13.5 Å². The van der Waals surface area contributed by atoms with Crippen molar-refractivity contribution < 1.29 is 26.8 Å². The average molecular weight is 404 g/mol. The van der Waals surface area contributed by atoms with Gasteiger partial charge in [0.2, 0.25) is 5.91 Å². The quantitative estimate of drug-likeness (QED) is 0.280. The minimum atomic E-state index is -4.81. The zero-order valence-electron chi connectivity index (χ0n) is 15.0. The Morgan fingerprint density at radius 3 is 2.59 bits per heavy atom. The monoisotopic (exact) mass is 404 g/mol. The highest BCUT2D eigenvalue weighted by Gasteiger charge is 2.48. The van der Waals surface area contributed by atoms with Gasteiger partial charge in [-0.3, -0.25) is 19.7 Å². The number of piperazine rings is 1. The molecule has 0 spiro atoms. The summed E-state index contributed by atoms with van der Waals surface area (Å²) < 4.78 is 35.0. The van der Waals surface area contributed by atoms with Crippen LogP contribution < -0.4 is 5.32 Å². The van der Waals surface area contributed by atoms with Crippen LogP contribution in [0.5, 0.6) is 0 Å². The highest BCUT2D eigenvalue weighted by molar-refractivity contribution is 7.80. The average Bonchev–Trinajstić information content (AvgIpc) is 2.80. The molecule has 2 atom stereocenters. The SMILES string of the molecule is CN1CCN(CC(=O)NC(=N)C2CCC3CN2C(=O)N3OS(=O)(=O)O)CC1. The normalized spacial score (nSPS) is 27.1. The zero-order valence-corrected chi connectivity index (χ0v) is 15.8. The lowest BCUT2D eigenvalue weighted by Crippen LogP contribution is -2.53. The maximum Gasteiger partial charge on any atom is 0.418 e. The van der Waals surface area contributed by atoms with Gasteiger partial charge in [-0.25, -0.2) is 4.79 Å². The van der Waals surface area contributed by atoms with E-state index in [2.05, 4.69) is 14.5 Å². The minimum absolute atomic E-state index is 0.102. The number of rotatable bonds is 5. The first-order valence-electron chi connectivity index (χ1n) is 8.70. The predicted molar refractivity (Wildman–Crippen MR) is 93.2 cm³/mol. The molecule has 0 aromatic rings. The van der Waals surface area contributed by atoms with Crippen molar-refractivity contribution in [2.24, 2.45) is 0 Å². The molecule has 3 amide bonds. The van der Waals surface area contributed by atoms with Gasteiger partial charge in [-0.1, -0.05) is 0 Å². The highest BCUT2D eigenvalue weighted by Crippen LogP contribution is 2.30. The van der Waals surface area contributed by atoms with Crippen molar-refractivity contribution in [2.45, 2.75) is 24.9 Å². The van der Waals surface area contributed by atoms with E-state index in [0.29, 0.717) is 17.9 Å². The molecular formula is C14H24N6O6S. The Balaban J connectivity index is 1.55. The predicted octanol–water partition coefficient (Wildman–Crippen LogP) is -1.67. The van der Waals surface area contributed by atoms with Gasteiger partial charge in [0.05, 0.1) is 18.6 Å². The molecule has 0 aromatic heterocycles. The van der Waals surface area contributed by atoms with Crippen molar-refractivity contribution in [1.82, 2.24) is 25.1 Å². The Morgan fingerprint density at radius 2 is 1.96 bits per heavy atom. The number of amidine groups is 1. The molecule has 2 bridgehead atoms. The van der Waals surface area contributed by atoms with Crippen LogP contribution in [-0.4, -0.2) is 109 Å². The van der Waals surface area contributed by atoms with Crippen LogP contribution in [0.3, 0.4) is 0 Å². The lowest BCUT2D eigenvalue weighted by molar-refractivity contribution is -0.121. The molecule has 3 rings (SSSR count). The summed E-state index contributed by atoms with van der Waals surface area (Å²) in [5, 5.41) is 11.3. The fraction of sp³-hybridized carbons (Fsp3) is 0.786. The van der Waals surface area contributed by atoms with E-state index in [-0.39, 0.29) is 24.8 Å². The summed E-state index contributed by atoms with van der Waals surface area (Å²) in [6, 6.07) is -1.94. The second kappa shape index (κ2) is 7.67. The van der Waals surface area contributed by atoms with Crippen LogP contribution in [0.25, 0.3) is 0 Å². The van der Waals surface area contributed by atoms with Gasteiger partial charge in [-0.15, -0.1) is 4.28 Å². The molecule has 3 heterocycles. The summed E-state index contributed by atoms with van der Waals surface area (Å²) >= 11 is 0. The van der Waals surface area contributed by atoms with Gasteiger partial charge in [0.15, 0.2) is 0 Å². The van der Waals surface area contributed by atoms with E-state index >= 15 is 0 Å². The largest absolute Gasteiger partial charge is 0.418 e. The van der Waals surface area contributed by atoms with Gasteiger partial charge in [0, 0.05) is 32.7 Å². The number of hydrogen-bond acceptors (Lipinski definition) is 8. The van der Waals surface area contributed by atoms with E-state index in [4.69, 9.17) is 9.96 Å². The lowest BCUT2D eigenvalue weighted by Gasteiger charge is -2.33. The van der Waals surface area contributed by atoms with Crippen LogP contribution in [0.2, 0.25) is 0 Å². The molecule has 0 aromatic carbocycles. The van der Waals surface area contributed by atoms with Crippen LogP contribution in [-0.2, 0) is 19.5 Å².